The summed E-state index contributed by atoms with van der Waals surface area (Å²) >= 11 is 0. The summed E-state index contributed by atoms with van der Waals surface area (Å²) < 4.78 is 57.1. The fourth-order valence-corrected chi connectivity index (χ4v) is 5.90. The fourth-order valence-electron chi connectivity index (χ4n) is 5.90. The second-order valence-corrected chi connectivity index (χ2v) is 11.4. The third-order valence-corrected chi connectivity index (χ3v) is 7.80. The molecule has 15 heteroatoms. The predicted molar refractivity (Wildman–Crippen MR) is 148 cm³/mol. The van der Waals surface area contributed by atoms with E-state index in [0.29, 0.717) is 42.3 Å². The lowest BCUT2D eigenvalue weighted by molar-refractivity contribution is -0.169. The van der Waals surface area contributed by atoms with E-state index < -0.39 is 30.3 Å². The van der Waals surface area contributed by atoms with Crippen molar-refractivity contribution in [2.45, 2.75) is 77.0 Å². The first-order valence-electron chi connectivity index (χ1n) is 13.7. The first-order valence-corrected chi connectivity index (χ1v) is 13.7. The minimum absolute atomic E-state index is 0.00842. The van der Waals surface area contributed by atoms with Crippen LogP contribution in [0.2, 0.25) is 0 Å². The molecule has 2 saturated heterocycles. The largest absolute Gasteiger partial charge is 0.494 e. The Labute approximate surface area is 241 Å². The second-order valence-electron chi connectivity index (χ2n) is 11.4. The molecule has 228 valence electrons. The number of hydrogen-bond acceptors (Lipinski definition) is 10. The molecule has 42 heavy (non-hydrogen) atoms. The van der Waals surface area contributed by atoms with Crippen LogP contribution in [0, 0.1) is 5.41 Å². The molecule has 2 aromatic heterocycles. The molecule has 3 atom stereocenters. The number of rotatable bonds is 5. The molecule has 0 unspecified atom stereocenters. The quantitative estimate of drug-likeness (QED) is 0.391. The third-order valence-electron chi connectivity index (χ3n) is 7.80. The Morgan fingerprint density at radius 1 is 1.24 bits per heavy atom. The summed E-state index contributed by atoms with van der Waals surface area (Å²) in [5, 5.41) is 8.12. The molecular formula is C27H35F3N8O4. The zero-order valence-electron chi connectivity index (χ0n) is 24.2. The van der Waals surface area contributed by atoms with Gasteiger partial charge in [0.2, 0.25) is 5.91 Å². The molecule has 0 bridgehead atoms. The van der Waals surface area contributed by atoms with Crippen LogP contribution in [0.15, 0.2) is 12.3 Å². The number of carbonyl (C=O) groups is 1. The van der Waals surface area contributed by atoms with Crippen molar-refractivity contribution < 1.29 is 32.2 Å². The Hall–Kier alpha value is -3.88. The van der Waals surface area contributed by atoms with Crippen molar-refractivity contribution in [3.8, 4) is 5.75 Å². The summed E-state index contributed by atoms with van der Waals surface area (Å²) in [5.74, 6) is 0.939. The number of morpholine rings is 1. The number of fused-ring (bicyclic) bond motifs is 1. The number of methoxy groups -OCH3 is 1. The van der Waals surface area contributed by atoms with Gasteiger partial charge in [-0.3, -0.25) is 15.1 Å². The Morgan fingerprint density at radius 3 is 2.57 bits per heavy atom. The van der Waals surface area contributed by atoms with E-state index in [-0.39, 0.29) is 48.5 Å². The van der Waals surface area contributed by atoms with Crippen LogP contribution >= 0.6 is 0 Å². The molecule has 0 saturated carbocycles. The van der Waals surface area contributed by atoms with Gasteiger partial charge in [-0.05, 0) is 40.5 Å². The van der Waals surface area contributed by atoms with E-state index in [1.807, 2.05) is 13.8 Å². The molecule has 1 amide bonds. The highest BCUT2D eigenvalue weighted by Gasteiger charge is 2.50. The van der Waals surface area contributed by atoms with Gasteiger partial charge >= 0.3 is 6.18 Å². The van der Waals surface area contributed by atoms with Gasteiger partial charge in [-0.25, -0.2) is 15.0 Å². The lowest BCUT2D eigenvalue weighted by atomic mass is 9.87. The van der Waals surface area contributed by atoms with Gasteiger partial charge < -0.3 is 29.7 Å². The zero-order chi connectivity index (χ0) is 30.6. The number of nitrogen functional groups attached to an aromatic ring is 1. The Morgan fingerprint density at radius 2 is 1.93 bits per heavy atom. The van der Waals surface area contributed by atoms with Crippen molar-refractivity contribution in [3.05, 3.63) is 23.7 Å². The van der Waals surface area contributed by atoms with E-state index in [1.54, 1.807) is 19.9 Å². The van der Waals surface area contributed by atoms with Crippen molar-refractivity contribution in [3.63, 3.8) is 0 Å². The third kappa shape index (κ3) is 5.25. The first-order chi connectivity index (χ1) is 19.7. The van der Waals surface area contributed by atoms with E-state index in [1.165, 1.54) is 18.2 Å². The highest BCUT2D eigenvalue weighted by atomic mass is 19.4. The van der Waals surface area contributed by atoms with Gasteiger partial charge in [-0.2, -0.15) is 13.2 Å². The van der Waals surface area contributed by atoms with Gasteiger partial charge in [0.1, 0.15) is 34.9 Å². The van der Waals surface area contributed by atoms with Gasteiger partial charge in [0, 0.05) is 25.7 Å². The van der Waals surface area contributed by atoms with Crippen molar-refractivity contribution in [1.82, 2.24) is 19.9 Å². The van der Waals surface area contributed by atoms with Crippen molar-refractivity contribution in [2.24, 2.45) is 0 Å². The molecule has 3 aliphatic rings. The molecule has 0 spiro atoms. The van der Waals surface area contributed by atoms with Crippen LogP contribution in [-0.4, -0.2) is 83.0 Å². The van der Waals surface area contributed by atoms with E-state index in [9.17, 15) is 18.0 Å². The van der Waals surface area contributed by atoms with E-state index >= 15 is 0 Å². The molecule has 0 radical (unpaired) electrons. The van der Waals surface area contributed by atoms with Crippen LogP contribution in [0.4, 0.5) is 36.3 Å². The number of nitrogens with two attached hydrogens (primary N) is 1. The second kappa shape index (κ2) is 10.7. The minimum Gasteiger partial charge on any atom is -0.494 e. The predicted octanol–water partition coefficient (Wildman–Crippen LogP) is 3.51. The molecular weight excluding hydrogens is 557 g/mol. The number of halogens is 3. The van der Waals surface area contributed by atoms with Gasteiger partial charge in [0.25, 0.3) is 6.02 Å². The molecule has 2 aromatic rings. The molecule has 12 nitrogen and oxygen atoms in total. The number of carbonyl (C=O) groups excluding carboxylic acids is 1. The van der Waals surface area contributed by atoms with Crippen LogP contribution in [-0.2, 0) is 26.3 Å². The van der Waals surface area contributed by atoms with Crippen molar-refractivity contribution >= 4 is 35.1 Å². The number of pyridine rings is 1. The van der Waals surface area contributed by atoms with Gasteiger partial charge in [0.15, 0.2) is 12.4 Å². The Kier molecular flexibility index (Phi) is 7.58. The van der Waals surface area contributed by atoms with Crippen molar-refractivity contribution in [1.29, 1.82) is 5.41 Å². The standard InChI is InChI=1S/C27H35F3N8O4/c1-14-11-36(12-15(2)42-14)20-9-17(40-5)16(10-33-20)38-23-21(26(3,4)24(38)39)22(31)34-19(35-23)13-41-25(32)37-8-6-7-18(37)27(28,29)30/h9-10,14-15,18,32H,6-8,11-13H2,1-5H3,(H2,31,34,35)/t14-,15+,18-/m1/s1. The Balaban J connectivity index is 1.45. The number of hydrogen-bond donors (Lipinski definition) is 2. The monoisotopic (exact) mass is 592 g/mol. The van der Waals surface area contributed by atoms with Gasteiger partial charge in [-0.15, -0.1) is 0 Å². The number of aromatic nitrogens is 3. The van der Waals surface area contributed by atoms with Crippen LogP contribution in [0.25, 0.3) is 0 Å². The maximum Gasteiger partial charge on any atom is 0.408 e. The highest BCUT2D eigenvalue weighted by molar-refractivity contribution is 6.13. The first kappa shape index (κ1) is 29.6. The average molecular weight is 593 g/mol. The van der Waals surface area contributed by atoms with Crippen molar-refractivity contribution in [2.75, 3.05) is 42.3 Å². The molecule has 3 N–H and O–H groups in total. The summed E-state index contributed by atoms with van der Waals surface area (Å²) in [6.07, 6.45) is -2.73. The topological polar surface area (TPSA) is 143 Å². The Bertz CT molecular complexity index is 1380. The molecule has 0 aliphatic carbocycles. The number of amidine groups is 1. The van der Waals surface area contributed by atoms with Crippen LogP contribution in [0.5, 0.6) is 5.75 Å². The normalized spacial score (nSPS) is 23.8. The number of alkyl halides is 3. The van der Waals surface area contributed by atoms with Crippen LogP contribution < -0.4 is 20.3 Å². The summed E-state index contributed by atoms with van der Waals surface area (Å²) in [4.78, 5) is 31.5. The maximum atomic E-state index is 13.8. The van der Waals surface area contributed by atoms with E-state index in [0.717, 1.165) is 4.90 Å². The number of likely N-dealkylation sites (tertiary alicyclic amines) is 1. The molecule has 5 heterocycles. The summed E-state index contributed by atoms with van der Waals surface area (Å²) in [6, 6.07) is -0.655. The van der Waals surface area contributed by atoms with Crippen LogP contribution in [0.1, 0.15) is 51.9 Å². The minimum atomic E-state index is -4.48. The summed E-state index contributed by atoms with van der Waals surface area (Å²) in [5.41, 5.74) is 5.95. The van der Waals surface area contributed by atoms with Gasteiger partial charge in [0.05, 0.1) is 36.5 Å². The summed E-state index contributed by atoms with van der Waals surface area (Å²) in [6.45, 7) is 8.30. The van der Waals surface area contributed by atoms with Gasteiger partial charge in [-0.1, -0.05) is 0 Å². The molecule has 0 aromatic carbocycles. The maximum absolute atomic E-state index is 13.8. The number of nitrogens with zero attached hydrogens (tertiary/aromatic N) is 6. The number of ether oxygens (including phenoxy) is 3. The highest BCUT2D eigenvalue weighted by Crippen LogP contribution is 2.49. The number of anilines is 4. The summed E-state index contributed by atoms with van der Waals surface area (Å²) in [7, 11) is 1.49. The average Bonchev–Trinajstić information content (AvgIpc) is 3.48. The SMILES string of the molecule is COc1cc(N2C[C@@H](C)O[C@@H](C)C2)ncc1N1C(=O)C(C)(C)c2c(N)nc(COC(=N)N3CCC[C@@H]3C(F)(F)F)nc21. The number of amides is 1. The van der Waals surface area contributed by atoms with E-state index in [2.05, 4.69) is 19.9 Å². The molecule has 2 fully saturated rings. The van der Waals surface area contributed by atoms with E-state index in [4.69, 9.17) is 25.4 Å². The number of nitrogens with one attached hydrogen (secondary N) is 1. The van der Waals surface area contributed by atoms with Crippen LogP contribution in [0.3, 0.4) is 0 Å². The molecule has 5 rings (SSSR count). The molecule has 3 aliphatic heterocycles. The fraction of sp³-hybridized carbons (Fsp3) is 0.593. The lowest BCUT2D eigenvalue weighted by Crippen LogP contribution is -2.45. The smallest absolute Gasteiger partial charge is 0.408 e. The zero-order valence-corrected chi connectivity index (χ0v) is 24.2. The lowest BCUT2D eigenvalue weighted by Gasteiger charge is -2.36.